The first-order chi connectivity index (χ1) is 14.9. The number of primary sulfonamides is 1. The van der Waals surface area contributed by atoms with Gasteiger partial charge in [-0.05, 0) is 53.2 Å². The van der Waals surface area contributed by atoms with Gasteiger partial charge in [0.2, 0.25) is 15.9 Å². The molecule has 0 unspecified atom stereocenters. The number of carbonyl (C=O) groups excluding carboxylic acids is 1. The average molecular weight is 451 g/mol. The molecule has 4 aromatic rings. The van der Waals surface area contributed by atoms with E-state index in [9.17, 15) is 13.2 Å². The molecule has 0 aliphatic heterocycles. The molecule has 0 saturated heterocycles. The van der Waals surface area contributed by atoms with Gasteiger partial charge in [0.25, 0.3) is 0 Å². The van der Waals surface area contributed by atoms with Crippen LogP contribution >= 0.6 is 11.8 Å². The van der Waals surface area contributed by atoms with Crippen LogP contribution in [-0.2, 0) is 14.8 Å². The van der Waals surface area contributed by atoms with Crippen LogP contribution in [0.15, 0.2) is 88.8 Å². The van der Waals surface area contributed by atoms with Gasteiger partial charge in [0.1, 0.15) is 5.03 Å². The van der Waals surface area contributed by atoms with Crippen LogP contribution in [0, 0.1) is 0 Å². The normalized spacial score (nSPS) is 11.4. The summed E-state index contributed by atoms with van der Waals surface area (Å²) in [6.45, 7) is 0. The fourth-order valence-electron chi connectivity index (χ4n) is 2.96. The van der Waals surface area contributed by atoms with E-state index in [2.05, 4.69) is 39.8 Å². The Labute approximate surface area is 183 Å². The summed E-state index contributed by atoms with van der Waals surface area (Å²) in [7, 11) is -3.76. The third kappa shape index (κ3) is 5.26. The first kappa shape index (κ1) is 21.0. The molecule has 9 heteroatoms. The van der Waals surface area contributed by atoms with Crippen molar-refractivity contribution in [3.63, 3.8) is 0 Å². The van der Waals surface area contributed by atoms with E-state index >= 15 is 0 Å². The molecule has 4 rings (SSSR count). The minimum atomic E-state index is -3.76. The molecule has 1 aromatic heterocycles. The van der Waals surface area contributed by atoms with E-state index in [1.54, 1.807) is 0 Å². The molecule has 0 aliphatic rings. The predicted octanol–water partition coefficient (Wildman–Crippen LogP) is 3.68. The van der Waals surface area contributed by atoms with Gasteiger partial charge in [0.05, 0.1) is 16.3 Å². The van der Waals surface area contributed by atoms with Gasteiger partial charge in [-0.25, -0.2) is 13.6 Å². The topological polar surface area (TPSA) is 115 Å². The number of sulfonamides is 1. The van der Waals surface area contributed by atoms with Crippen LogP contribution in [0.3, 0.4) is 0 Å². The number of fused-ring (bicyclic) bond motifs is 1. The SMILES string of the molecule is NS(=O)(=O)c1ccc(NC(=O)CSc2ccc(-c3ccc4ccccc4c3)nn2)cc1. The first-order valence-electron chi connectivity index (χ1n) is 9.27. The lowest BCUT2D eigenvalue weighted by Gasteiger charge is -2.06. The lowest BCUT2D eigenvalue weighted by molar-refractivity contribution is -0.113. The second kappa shape index (κ2) is 8.84. The van der Waals surface area contributed by atoms with E-state index < -0.39 is 10.0 Å². The zero-order valence-electron chi connectivity index (χ0n) is 16.2. The molecule has 1 heterocycles. The minimum Gasteiger partial charge on any atom is -0.325 e. The number of hydrogen-bond donors (Lipinski definition) is 2. The summed E-state index contributed by atoms with van der Waals surface area (Å²) in [5, 5.41) is 19.2. The molecule has 3 N–H and O–H groups in total. The zero-order chi connectivity index (χ0) is 21.8. The Morgan fingerprint density at radius 3 is 2.32 bits per heavy atom. The van der Waals surface area contributed by atoms with E-state index in [1.807, 2.05) is 30.3 Å². The lowest BCUT2D eigenvalue weighted by atomic mass is 10.1. The molecule has 0 bridgehead atoms. The summed E-state index contributed by atoms with van der Waals surface area (Å²) in [6, 6.07) is 23.6. The van der Waals surface area contributed by atoms with Crippen molar-refractivity contribution in [1.82, 2.24) is 10.2 Å². The van der Waals surface area contributed by atoms with Gasteiger partial charge in [-0.3, -0.25) is 4.79 Å². The molecule has 0 atom stereocenters. The Bertz CT molecular complexity index is 1340. The van der Waals surface area contributed by atoms with Gasteiger partial charge in [-0.2, -0.15) is 0 Å². The number of nitrogens with one attached hydrogen (secondary N) is 1. The number of benzene rings is 3. The molecule has 156 valence electrons. The van der Waals surface area contributed by atoms with Crippen molar-refractivity contribution < 1.29 is 13.2 Å². The van der Waals surface area contributed by atoms with Crippen LogP contribution in [-0.4, -0.2) is 30.3 Å². The Kier molecular flexibility index (Phi) is 5.99. The third-order valence-corrected chi connectivity index (χ3v) is 6.35. The van der Waals surface area contributed by atoms with Crippen molar-refractivity contribution in [2.45, 2.75) is 9.92 Å². The second-order valence-electron chi connectivity index (χ2n) is 6.72. The summed E-state index contributed by atoms with van der Waals surface area (Å²) in [5.41, 5.74) is 2.22. The molecular weight excluding hydrogens is 432 g/mol. The van der Waals surface area contributed by atoms with Crippen molar-refractivity contribution >= 4 is 44.2 Å². The van der Waals surface area contributed by atoms with E-state index in [1.165, 1.54) is 36.0 Å². The third-order valence-electron chi connectivity index (χ3n) is 4.50. The summed E-state index contributed by atoms with van der Waals surface area (Å²) >= 11 is 1.26. The summed E-state index contributed by atoms with van der Waals surface area (Å²) < 4.78 is 22.5. The Balaban J connectivity index is 1.36. The number of nitrogens with two attached hydrogens (primary N) is 1. The highest BCUT2D eigenvalue weighted by Crippen LogP contribution is 2.24. The minimum absolute atomic E-state index is 0.0124. The molecule has 0 saturated carbocycles. The smallest absolute Gasteiger partial charge is 0.238 e. The van der Waals surface area contributed by atoms with Crippen molar-refractivity contribution in [2.75, 3.05) is 11.1 Å². The zero-order valence-corrected chi connectivity index (χ0v) is 17.9. The number of nitrogens with zero attached hydrogens (tertiary/aromatic N) is 2. The van der Waals surface area contributed by atoms with Crippen LogP contribution in [0.25, 0.3) is 22.0 Å². The number of anilines is 1. The van der Waals surface area contributed by atoms with E-state index in [-0.39, 0.29) is 16.6 Å². The molecule has 0 radical (unpaired) electrons. The first-order valence-corrected chi connectivity index (χ1v) is 11.8. The summed E-state index contributed by atoms with van der Waals surface area (Å²) in [4.78, 5) is 12.1. The highest BCUT2D eigenvalue weighted by atomic mass is 32.2. The standard InChI is InChI=1S/C22H18N4O3S2/c23-31(28,29)19-9-7-18(8-10-19)24-21(27)14-30-22-12-11-20(25-26-22)17-6-5-15-3-1-2-4-16(15)13-17/h1-13H,14H2,(H,24,27)(H2,23,28,29). The predicted molar refractivity (Wildman–Crippen MR) is 122 cm³/mol. The van der Waals surface area contributed by atoms with E-state index in [4.69, 9.17) is 5.14 Å². The van der Waals surface area contributed by atoms with E-state index in [0.29, 0.717) is 10.7 Å². The maximum Gasteiger partial charge on any atom is 0.238 e. The molecule has 31 heavy (non-hydrogen) atoms. The van der Waals surface area contributed by atoms with Crippen molar-refractivity contribution in [3.8, 4) is 11.3 Å². The van der Waals surface area contributed by atoms with Crippen LogP contribution in [0.1, 0.15) is 0 Å². The van der Waals surface area contributed by atoms with Crippen molar-refractivity contribution in [3.05, 3.63) is 78.9 Å². The quantitative estimate of drug-likeness (QED) is 0.433. The number of rotatable bonds is 6. The average Bonchev–Trinajstić information content (AvgIpc) is 2.77. The Hall–Kier alpha value is -3.27. The van der Waals surface area contributed by atoms with Gasteiger partial charge in [-0.1, -0.05) is 48.2 Å². The molecule has 0 fully saturated rings. The number of aromatic nitrogens is 2. The van der Waals surface area contributed by atoms with Crippen LogP contribution in [0.5, 0.6) is 0 Å². The molecule has 0 aliphatic carbocycles. The van der Waals surface area contributed by atoms with Crippen LogP contribution in [0.4, 0.5) is 5.69 Å². The van der Waals surface area contributed by atoms with Crippen molar-refractivity contribution in [2.24, 2.45) is 5.14 Å². The number of amides is 1. The number of thioether (sulfide) groups is 1. The highest BCUT2D eigenvalue weighted by Gasteiger charge is 2.09. The van der Waals surface area contributed by atoms with Crippen LogP contribution < -0.4 is 10.5 Å². The molecular formula is C22H18N4O3S2. The fraction of sp³-hybridized carbons (Fsp3) is 0.0455. The highest BCUT2D eigenvalue weighted by molar-refractivity contribution is 7.99. The molecule has 1 amide bonds. The van der Waals surface area contributed by atoms with Gasteiger partial charge in [0.15, 0.2) is 0 Å². The van der Waals surface area contributed by atoms with E-state index in [0.717, 1.165) is 22.0 Å². The van der Waals surface area contributed by atoms with Gasteiger partial charge in [0, 0.05) is 11.3 Å². The maximum atomic E-state index is 12.2. The summed E-state index contributed by atoms with van der Waals surface area (Å²) in [5.74, 6) is -0.102. The number of carbonyl (C=O) groups is 1. The Morgan fingerprint density at radius 1 is 0.903 bits per heavy atom. The van der Waals surface area contributed by atoms with Crippen molar-refractivity contribution in [1.29, 1.82) is 0 Å². The second-order valence-corrected chi connectivity index (χ2v) is 9.28. The van der Waals surface area contributed by atoms with Crippen LogP contribution in [0.2, 0.25) is 0 Å². The molecule has 0 spiro atoms. The maximum absolute atomic E-state index is 12.2. The van der Waals surface area contributed by atoms with Gasteiger partial charge >= 0.3 is 0 Å². The number of hydrogen-bond acceptors (Lipinski definition) is 6. The largest absolute Gasteiger partial charge is 0.325 e. The monoisotopic (exact) mass is 450 g/mol. The summed E-state index contributed by atoms with van der Waals surface area (Å²) in [6.07, 6.45) is 0. The molecule has 3 aromatic carbocycles. The molecule has 7 nitrogen and oxygen atoms in total. The van der Waals surface area contributed by atoms with Gasteiger partial charge < -0.3 is 5.32 Å². The fourth-order valence-corrected chi connectivity index (χ4v) is 4.09. The lowest BCUT2D eigenvalue weighted by Crippen LogP contribution is -2.15. The Morgan fingerprint density at radius 2 is 1.65 bits per heavy atom. The van der Waals surface area contributed by atoms with Gasteiger partial charge in [-0.15, -0.1) is 10.2 Å².